The van der Waals surface area contributed by atoms with Gasteiger partial charge in [0.2, 0.25) is 0 Å². The molecule has 0 saturated carbocycles. The SMILES string of the molecule is O=[N+]([O-])c1c(Cl)c(Br)cc2c1nc1ccccn12. The Bertz CT molecular complexity index is 800. The molecule has 2 heterocycles. The van der Waals surface area contributed by atoms with E-state index in [0.29, 0.717) is 21.2 Å². The topological polar surface area (TPSA) is 60.4 Å². The number of nitro benzene ring substituents is 1. The van der Waals surface area contributed by atoms with Gasteiger partial charge in [0.15, 0.2) is 5.52 Å². The van der Waals surface area contributed by atoms with Crippen LogP contribution < -0.4 is 0 Å². The molecule has 0 aliphatic carbocycles. The Morgan fingerprint density at radius 3 is 2.94 bits per heavy atom. The molecule has 0 aliphatic rings. The second-order valence-electron chi connectivity index (χ2n) is 3.69. The Morgan fingerprint density at radius 1 is 1.44 bits per heavy atom. The summed E-state index contributed by atoms with van der Waals surface area (Å²) in [5.41, 5.74) is 1.41. The molecule has 90 valence electrons. The number of halogens is 2. The molecular formula is C11H5BrClN3O2. The summed E-state index contributed by atoms with van der Waals surface area (Å²) in [6.07, 6.45) is 1.80. The van der Waals surface area contributed by atoms with Crippen LogP contribution in [0.2, 0.25) is 5.02 Å². The largest absolute Gasteiger partial charge is 0.316 e. The van der Waals surface area contributed by atoms with Crippen molar-refractivity contribution in [3.63, 3.8) is 0 Å². The molecule has 0 N–H and O–H groups in total. The first-order valence-corrected chi connectivity index (χ1v) is 6.16. The van der Waals surface area contributed by atoms with E-state index in [-0.39, 0.29) is 10.7 Å². The number of imidazole rings is 1. The molecule has 0 radical (unpaired) electrons. The predicted molar refractivity (Wildman–Crippen MR) is 72.1 cm³/mol. The fourth-order valence-electron chi connectivity index (χ4n) is 1.89. The predicted octanol–water partition coefficient (Wildman–Crippen LogP) is 3.81. The van der Waals surface area contributed by atoms with Crippen LogP contribution in [0.4, 0.5) is 5.69 Å². The van der Waals surface area contributed by atoms with Gasteiger partial charge in [0, 0.05) is 10.7 Å². The van der Waals surface area contributed by atoms with Crippen LogP contribution in [0.15, 0.2) is 34.9 Å². The van der Waals surface area contributed by atoms with Crippen LogP contribution in [-0.4, -0.2) is 14.3 Å². The van der Waals surface area contributed by atoms with Crippen molar-refractivity contribution in [3.8, 4) is 0 Å². The van der Waals surface area contributed by atoms with Gasteiger partial charge in [-0.05, 0) is 34.1 Å². The molecule has 5 nitrogen and oxygen atoms in total. The molecule has 18 heavy (non-hydrogen) atoms. The normalized spacial score (nSPS) is 11.2. The first-order chi connectivity index (χ1) is 8.59. The fraction of sp³-hybridized carbons (Fsp3) is 0. The number of pyridine rings is 1. The molecule has 0 spiro atoms. The number of nitrogens with zero attached hydrogens (tertiary/aromatic N) is 3. The van der Waals surface area contributed by atoms with Crippen LogP contribution in [0.25, 0.3) is 16.7 Å². The summed E-state index contributed by atoms with van der Waals surface area (Å²) in [4.78, 5) is 14.9. The van der Waals surface area contributed by atoms with E-state index in [1.54, 1.807) is 22.7 Å². The highest BCUT2D eigenvalue weighted by Crippen LogP contribution is 2.38. The van der Waals surface area contributed by atoms with Crippen LogP contribution in [0.3, 0.4) is 0 Å². The molecule has 2 aromatic heterocycles. The van der Waals surface area contributed by atoms with Gasteiger partial charge in [0.1, 0.15) is 10.7 Å². The Kier molecular flexibility index (Phi) is 2.49. The van der Waals surface area contributed by atoms with E-state index >= 15 is 0 Å². The quantitative estimate of drug-likeness (QED) is 0.504. The van der Waals surface area contributed by atoms with Gasteiger partial charge in [-0.3, -0.25) is 14.5 Å². The summed E-state index contributed by atoms with van der Waals surface area (Å²) in [5.74, 6) is 0. The molecule has 0 unspecified atom stereocenters. The van der Waals surface area contributed by atoms with E-state index in [9.17, 15) is 10.1 Å². The summed E-state index contributed by atoms with van der Waals surface area (Å²) in [6.45, 7) is 0. The molecule has 0 bridgehead atoms. The van der Waals surface area contributed by atoms with Crippen LogP contribution in [0.1, 0.15) is 0 Å². The number of hydrogen-bond donors (Lipinski definition) is 0. The number of benzene rings is 1. The van der Waals surface area contributed by atoms with E-state index in [4.69, 9.17) is 11.6 Å². The van der Waals surface area contributed by atoms with E-state index in [1.165, 1.54) is 0 Å². The monoisotopic (exact) mass is 325 g/mol. The minimum atomic E-state index is -0.512. The highest BCUT2D eigenvalue weighted by Gasteiger charge is 2.24. The minimum absolute atomic E-state index is 0.0657. The van der Waals surface area contributed by atoms with Crippen molar-refractivity contribution >= 4 is 49.9 Å². The lowest BCUT2D eigenvalue weighted by molar-refractivity contribution is -0.383. The minimum Gasteiger partial charge on any atom is -0.299 e. The number of hydrogen-bond acceptors (Lipinski definition) is 3. The number of nitro groups is 1. The summed E-state index contributed by atoms with van der Waals surface area (Å²) < 4.78 is 2.26. The van der Waals surface area contributed by atoms with Crippen molar-refractivity contribution in [2.24, 2.45) is 0 Å². The summed E-state index contributed by atoms with van der Waals surface area (Å²) in [7, 11) is 0. The third-order valence-corrected chi connectivity index (χ3v) is 3.89. The Balaban J connectivity index is 2.59. The first-order valence-electron chi connectivity index (χ1n) is 4.99. The lowest BCUT2D eigenvalue weighted by atomic mass is 10.2. The van der Waals surface area contributed by atoms with Gasteiger partial charge in [-0.2, -0.15) is 0 Å². The molecule has 0 fully saturated rings. The van der Waals surface area contributed by atoms with Gasteiger partial charge in [-0.1, -0.05) is 17.7 Å². The maximum Gasteiger partial charge on any atom is 0.316 e. The van der Waals surface area contributed by atoms with Gasteiger partial charge in [0.25, 0.3) is 0 Å². The van der Waals surface area contributed by atoms with Crippen molar-refractivity contribution in [1.82, 2.24) is 9.38 Å². The molecular weight excluding hydrogens is 321 g/mol. The van der Waals surface area contributed by atoms with Gasteiger partial charge < -0.3 is 0 Å². The zero-order chi connectivity index (χ0) is 12.9. The molecule has 1 aromatic carbocycles. The first kappa shape index (κ1) is 11.4. The zero-order valence-corrected chi connectivity index (χ0v) is 11.1. The van der Waals surface area contributed by atoms with E-state index < -0.39 is 4.92 Å². The molecule has 0 atom stereocenters. The Morgan fingerprint density at radius 2 is 2.22 bits per heavy atom. The lowest BCUT2D eigenvalue weighted by Crippen LogP contribution is -1.92. The summed E-state index contributed by atoms with van der Waals surface area (Å²) in [5, 5.41) is 11.2. The third-order valence-electron chi connectivity index (χ3n) is 2.65. The third kappa shape index (κ3) is 1.49. The zero-order valence-electron chi connectivity index (χ0n) is 8.80. The molecule has 0 saturated heterocycles. The second-order valence-corrected chi connectivity index (χ2v) is 4.92. The van der Waals surface area contributed by atoms with Gasteiger partial charge in [-0.25, -0.2) is 4.98 Å². The molecule has 0 amide bonds. The molecule has 3 rings (SSSR count). The average molecular weight is 327 g/mol. The molecule has 3 aromatic rings. The van der Waals surface area contributed by atoms with E-state index in [2.05, 4.69) is 20.9 Å². The van der Waals surface area contributed by atoms with Crippen LogP contribution in [0, 0.1) is 10.1 Å². The fourth-order valence-corrected chi connectivity index (χ4v) is 2.51. The second kappa shape index (κ2) is 3.93. The number of aromatic nitrogens is 2. The van der Waals surface area contributed by atoms with Crippen molar-refractivity contribution < 1.29 is 4.92 Å². The van der Waals surface area contributed by atoms with Gasteiger partial charge in [0.05, 0.1) is 10.4 Å². The molecule has 7 heteroatoms. The van der Waals surface area contributed by atoms with E-state index in [1.807, 2.05) is 12.1 Å². The summed E-state index contributed by atoms with van der Waals surface area (Å²) in [6, 6.07) is 7.17. The standard InChI is InChI=1S/C11H5BrClN3O2/c12-6-5-7-10(11(9(6)13)16(17)18)14-8-3-1-2-4-15(7)8/h1-5H. The van der Waals surface area contributed by atoms with Crippen LogP contribution >= 0.6 is 27.5 Å². The number of rotatable bonds is 1. The van der Waals surface area contributed by atoms with Crippen LogP contribution in [0.5, 0.6) is 0 Å². The van der Waals surface area contributed by atoms with Crippen molar-refractivity contribution in [2.75, 3.05) is 0 Å². The lowest BCUT2D eigenvalue weighted by Gasteiger charge is -2.00. The number of fused-ring (bicyclic) bond motifs is 3. The maximum atomic E-state index is 11.1. The summed E-state index contributed by atoms with van der Waals surface area (Å²) >= 11 is 9.19. The molecule has 0 aliphatic heterocycles. The van der Waals surface area contributed by atoms with Crippen molar-refractivity contribution in [2.45, 2.75) is 0 Å². The van der Waals surface area contributed by atoms with Crippen molar-refractivity contribution in [3.05, 3.63) is 50.1 Å². The Hall–Kier alpha value is -1.66. The average Bonchev–Trinajstić information content (AvgIpc) is 2.68. The van der Waals surface area contributed by atoms with Gasteiger partial charge >= 0.3 is 5.69 Å². The van der Waals surface area contributed by atoms with E-state index in [0.717, 1.165) is 0 Å². The van der Waals surface area contributed by atoms with Gasteiger partial charge in [-0.15, -0.1) is 0 Å². The highest BCUT2D eigenvalue weighted by atomic mass is 79.9. The smallest absolute Gasteiger partial charge is 0.299 e. The maximum absolute atomic E-state index is 11.1. The van der Waals surface area contributed by atoms with Crippen LogP contribution in [-0.2, 0) is 0 Å². The Labute approximate surface area is 114 Å². The highest BCUT2D eigenvalue weighted by molar-refractivity contribution is 9.10. The van der Waals surface area contributed by atoms with Crippen molar-refractivity contribution in [1.29, 1.82) is 0 Å².